The first-order chi connectivity index (χ1) is 14.6. The van der Waals surface area contributed by atoms with Crippen molar-refractivity contribution < 1.29 is 9.53 Å². The largest absolute Gasteiger partial charge is 0.376 e. The molecule has 3 aromatic rings. The molecule has 1 unspecified atom stereocenters. The summed E-state index contributed by atoms with van der Waals surface area (Å²) in [4.78, 5) is 14.1. The molecular formula is C22H26N4O2S2. The molecule has 4 heterocycles. The third kappa shape index (κ3) is 3.88. The van der Waals surface area contributed by atoms with Gasteiger partial charge in [0.15, 0.2) is 16.8 Å². The van der Waals surface area contributed by atoms with E-state index in [1.54, 1.807) is 11.3 Å². The topological polar surface area (TPSA) is 61.9 Å². The first-order valence-corrected chi connectivity index (χ1v) is 12.4. The molecule has 1 saturated heterocycles. The summed E-state index contributed by atoms with van der Waals surface area (Å²) in [6.07, 6.45) is 4.77. The molecule has 5 rings (SSSR count). The molecule has 2 fully saturated rings. The van der Waals surface area contributed by atoms with E-state index in [2.05, 4.69) is 39.2 Å². The second kappa shape index (κ2) is 8.32. The summed E-state index contributed by atoms with van der Waals surface area (Å²) in [6.45, 7) is 5.71. The van der Waals surface area contributed by atoms with Crippen LogP contribution in [0.2, 0.25) is 0 Å². The zero-order valence-corrected chi connectivity index (χ0v) is 19.0. The number of Topliss-reactive ketones (excluding diaryl/α,β-unsaturated/α-hetero) is 1. The van der Waals surface area contributed by atoms with Crippen LogP contribution in [0.15, 0.2) is 28.7 Å². The Morgan fingerprint density at radius 3 is 2.87 bits per heavy atom. The first kappa shape index (κ1) is 20.0. The summed E-state index contributed by atoms with van der Waals surface area (Å²) in [6, 6.07) is 6.72. The molecular weight excluding hydrogens is 416 g/mol. The molecule has 3 aromatic heterocycles. The van der Waals surface area contributed by atoms with Gasteiger partial charge in [-0.3, -0.25) is 9.36 Å². The van der Waals surface area contributed by atoms with Gasteiger partial charge in [0.1, 0.15) is 0 Å². The molecule has 30 heavy (non-hydrogen) atoms. The Kier molecular flexibility index (Phi) is 5.56. The molecule has 2 aliphatic rings. The number of rotatable bonds is 8. The minimum atomic E-state index is 0.157. The maximum Gasteiger partial charge on any atom is 0.192 e. The van der Waals surface area contributed by atoms with Crippen molar-refractivity contribution >= 4 is 28.9 Å². The van der Waals surface area contributed by atoms with Gasteiger partial charge in [0.25, 0.3) is 0 Å². The summed E-state index contributed by atoms with van der Waals surface area (Å²) in [5, 5.41) is 11.7. The second-order valence-corrected chi connectivity index (χ2v) is 10.0. The van der Waals surface area contributed by atoms with Crippen molar-refractivity contribution in [1.82, 2.24) is 19.3 Å². The lowest BCUT2D eigenvalue weighted by molar-refractivity contribution is 0.0953. The van der Waals surface area contributed by atoms with E-state index in [4.69, 9.17) is 4.74 Å². The number of carbonyl (C=O) groups is 1. The van der Waals surface area contributed by atoms with Crippen LogP contribution < -0.4 is 0 Å². The van der Waals surface area contributed by atoms with E-state index < -0.39 is 0 Å². The second-order valence-electron chi connectivity index (χ2n) is 8.13. The van der Waals surface area contributed by atoms with Crippen molar-refractivity contribution in [2.45, 2.75) is 63.4 Å². The Morgan fingerprint density at radius 1 is 1.30 bits per heavy atom. The zero-order valence-electron chi connectivity index (χ0n) is 17.3. The summed E-state index contributed by atoms with van der Waals surface area (Å²) in [7, 11) is 0. The van der Waals surface area contributed by atoms with Crippen molar-refractivity contribution in [3.63, 3.8) is 0 Å². The molecule has 0 N–H and O–H groups in total. The average Bonchev–Trinajstić information content (AvgIpc) is 3.17. The van der Waals surface area contributed by atoms with E-state index >= 15 is 0 Å². The lowest BCUT2D eigenvalue weighted by Gasteiger charge is -2.14. The van der Waals surface area contributed by atoms with E-state index in [1.165, 1.54) is 30.3 Å². The Morgan fingerprint density at radius 2 is 2.17 bits per heavy atom. The third-order valence-electron chi connectivity index (χ3n) is 5.90. The molecule has 6 nitrogen and oxygen atoms in total. The SMILES string of the molecule is Cc1cc(C(=O)CSc2nnc(-c3cccs3)n2CC2CCCO2)c(C)n1C1CC1. The predicted molar refractivity (Wildman–Crippen MR) is 120 cm³/mol. The van der Waals surface area contributed by atoms with E-state index in [-0.39, 0.29) is 11.9 Å². The number of carbonyl (C=O) groups excluding carboxylic acids is 1. The highest BCUT2D eigenvalue weighted by Gasteiger charge is 2.29. The summed E-state index contributed by atoms with van der Waals surface area (Å²) in [5.74, 6) is 1.38. The van der Waals surface area contributed by atoms with Gasteiger partial charge >= 0.3 is 0 Å². The average molecular weight is 443 g/mol. The molecule has 0 radical (unpaired) electrons. The molecule has 0 spiro atoms. The lowest BCUT2D eigenvalue weighted by atomic mass is 10.2. The Bertz CT molecular complexity index is 1040. The van der Waals surface area contributed by atoms with Crippen LogP contribution >= 0.6 is 23.1 Å². The molecule has 0 bridgehead atoms. The van der Waals surface area contributed by atoms with Gasteiger partial charge in [-0.05, 0) is 57.0 Å². The Labute approximate surface area is 184 Å². The van der Waals surface area contributed by atoms with Crippen LogP contribution in [-0.4, -0.2) is 43.6 Å². The van der Waals surface area contributed by atoms with E-state index in [0.29, 0.717) is 11.8 Å². The minimum absolute atomic E-state index is 0.157. The Balaban J connectivity index is 1.35. The maximum absolute atomic E-state index is 13.0. The van der Waals surface area contributed by atoms with Crippen molar-refractivity contribution in [1.29, 1.82) is 0 Å². The van der Waals surface area contributed by atoms with Gasteiger partial charge in [0.2, 0.25) is 0 Å². The zero-order chi connectivity index (χ0) is 20.7. The summed E-state index contributed by atoms with van der Waals surface area (Å²) < 4.78 is 10.3. The fraction of sp³-hybridized carbons (Fsp3) is 0.500. The fourth-order valence-electron chi connectivity index (χ4n) is 4.30. The molecule has 0 aromatic carbocycles. The van der Waals surface area contributed by atoms with Gasteiger partial charge in [-0.15, -0.1) is 21.5 Å². The smallest absolute Gasteiger partial charge is 0.192 e. The van der Waals surface area contributed by atoms with Crippen molar-refractivity contribution in [2.24, 2.45) is 0 Å². The standard InChI is InChI=1S/C22H26N4O2S2/c1-14-11-18(15(2)26(14)16-7-8-16)19(27)13-30-22-24-23-21(20-6-4-10-29-20)25(22)12-17-5-3-9-28-17/h4,6,10-11,16-17H,3,5,7-9,12-13H2,1-2H3. The van der Waals surface area contributed by atoms with Gasteiger partial charge in [0.05, 0.1) is 23.3 Å². The Hall–Kier alpha value is -1.90. The van der Waals surface area contributed by atoms with Gasteiger partial charge < -0.3 is 9.30 Å². The van der Waals surface area contributed by atoms with Gasteiger partial charge in [-0.25, -0.2) is 0 Å². The molecule has 8 heteroatoms. The van der Waals surface area contributed by atoms with Crippen LogP contribution in [0.4, 0.5) is 0 Å². The number of aryl methyl sites for hydroxylation is 1. The highest BCUT2D eigenvalue weighted by molar-refractivity contribution is 7.99. The van der Waals surface area contributed by atoms with Gasteiger partial charge in [-0.1, -0.05) is 17.8 Å². The minimum Gasteiger partial charge on any atom is -0.376 e. The van der Waals surface area contributed by atoms with Crippen molar-refractivity contribution in [3.05, 3.63) is 40.5 Å². The van der Waals surface area contributed by atoms with E-state index in [9.17, 15) is 4.79 Å². The lowest BCUT2D eigenvalue weighted by Crippen LogP contribution is -2.17. The first-order valence-electron chi connectivity index (χ1n) is 10.5. The highest BCUT2D eigenvalue weighted by atomic mass is 32.2. The maximum atomic E-state index is 13.0. The summed E-state index contributed by atoms with van der Waals surface area (Å²) >= 11 is 3.13. The number of hydrogen-bond donors (Lipinski definition) is 0. The van der Waals surface area contributed by atoms with Crippen molar-refractivity contribution in [2.75, 3.05) is 12.4 Å². The number of thiophene rings is 1. The number of thioether (sulfide) groups is 1. The van der Waals surface area contributed by atoms with Crippen LogP contribution in [0, 0.1) is 13.8 Å². The molecule has 1 atom stereocenters. The van der Waals surface area contributed by atoms with E-state index in [0.717, 1.165) is 53.1 Å². The fourth-order valence-corrected chi connectivity index (χ4v) is 5.85. The third-order valence-corrected chi connectivity index (χ3v) is 7.73. The number of nitrogens with zero attached hydrogens (tertiary/aromatic N) is 4. The van der Waals surface area contributed by atoms with Crippen molar-refractivity contribution in [3.8, 4) is 10.7 Å². The molecule has 1 saturated carbocycles. The van der Waals surface area contributed by atoms with Crippen LogP contribution in [0.3, 0.4) is 0 Å². The molecule has 158 valence electrons. The predicted octanol–water partition coefficient (Wildman–Crippen LogP) is 4.91. The monoisotopic (exact) mass is 442 g/mol. The van der Waals surface area contributed by atoms with Gasteiger partial charge in [0, 0.05) is 29.6 Å². The highest BCUT2D eigenvalue weighted by Crippen LogP contribution is 2.38. The van der Waals surface area contributed by atoms with Crippen LogP contribution in [0.1, 0.15) is 53.5 Å². The van der Waals surface area contributed by atoms with Crippen LogP contribution in [-0.2, 0) is 11.3 Å². The molecule has 1 aliphatic heterocycles. The number of ether oxygens (including phenoxy) is 1. The quantitative estimate of drug-likeness (QED) is 0.366. The van der Waals surface area contributed by atoms with Gasteiger partial charge in [-0.2, -0.15) is 0 Å². The number of ketones is 1. The normalized spacial score (nSPS) is 18.9. The van der Waals surface area contributed by atoms with Crippen LogP contribution in [0.25, 0.3) is 10.7 Å². The number of aromatic nitrogens is 4. The van der Waals surface area contributed by atoms with E-state index in [1.807, 2.05) is 17.5 Å². The number of hydrogen-bond acceptors (Lipinski definition) is 6. The molecule has 0 amide bonds. The summed E-state index contributed by atoms with van der Waals surface area (Å²) in [5.41, 5.74) is 3.13. The molecule has 1 aliphatic carbocycles. The van der Waals surface area contributed by atoms with Crippen LogP contribution in [0.5, 0.6) is 0 Å².